The molecule has 1 N–H and O–H groups in total. The van der Waals surface area contributed by atoms with Gasteiger partial charge in [0.25, 0.3) is 0 Å². The van der Waals surface area contributed by atoms with Crippen LogP contribution < -0.4 is 0 Å². The third kappa shape index (κ3) is 2.73. The van der Waals surface area contributed by atoms with Crippen molar-refractivity contribution < 1.29 is 5.11 Å². The average Bonchev–Trinajstić information content (AvgIpc) is 2.58. The second-order valence-electron chi connectivity index (χ2n) is 4.40. The number of benzene rings is 1. The Bertz CT molecular complexity index is 353. The van der Waals surface area contributed by atoms with Gasteiger partial charge in [-0.15, -0.1) is 0 Å². The van der Waals surface area contributed by atoms with Crippen molar-refractivity contribution in [3.63, 3.8) is 0 Å². The number of nitrogens with zero attached hydrogens (tertiary/aromatic N) is 1. The molecule has 1 saturated heterocycles. The number of phenols is 1. The minimum absolute atomic E-state index is 0.401. The van der Waals surface area contributed by atoms with E-state index in [1.54, 1.807) is 6.07 Å². The predicted molar refractivity (Wildman–Crippen MR) is 64.9 cm³/mol. The van der Waals surface area contributed by atoms with E-state index in [2.05, 4.69) is 27.8 Å². The SMILES string of the molecule is CC1CCN(Cc2cc(Br)ccc2O)C1. The predicted octanol–water partition coefficient (Wildman–Crippen LogP) is 3.00. The van der Waals surface area contributed by atoms with Gasteiger partial charge in [-0.1, -0.05) is 22.9 Å². The number of hydrogen-bond acceptors (Lipinski definition) is 2. The van der Waals surface area contributed by atoms with Crippen molar-refractivity contribution in [3.8, 4) is 5.75 Å². The van der Waals surface area contributed by atoms with Crippen molar-refractivity contribution in [2.75, 3.05) is 13.1 Å². The van der Waals surface area contributed by atoms with Gasteiger partial charge in [-0.05, 0) is 37.1 Å². The summed E-state index contributed by atoms with van der Waals surface area (Å²) in [7, 11) is 0. The minimum atomic E-state index is 0.401. The molecule has 1 fully saturated rings. The summed E-state index contributed by atoms with van der Waals surface area (Å²) >= 11 is 3.43. The smallest absolute Gasteiger partial charge is 0.120 e. The van der Waals surface area contributed by atoms with Crippen LogP contribution in [0.3, 0.4) is 0 Å². The summed E-state index contributed by atoms with van der Waals surface area (Å²) in [6, 6.07) is 5.61. The molecule has 1 heterocycles. The van der Waals surface area contributed by atoms with E-state index in [0.717, 1.165) is 35.6 Å². The third-order valence-corrected chi connectivity index (χ3v) is 3.44. The summed E-state index contributed by atoms with van der Waals surface area (Å²) in [5.41, 5.74) is 1.01. The van der Waals surface area contributed by atoms with Crippen LogP contribution in [0.25, 0.3) is 0 Å². The zero-order valence-corrected chi connectivity index (χ0v) is 10.5. The van der Waals surface area contributed by atoms with Crippen molar-refractivity contribution in [2.45, 2.75) is 19.9 Å². The van der Waals surface area contributed by atoms with Crippen molar-refractivity contribution in [2.24, 2.45) is 5.92 Å². The van der Waals surface area contributed by atoms with E-state index in [1.165, 1.54) is 6.42 Å². The van der Waals surface area contributed by atoms with Crippen LogP contribution in [-0.2, 0) is 6.54 Å². The molecule has 2 rings (SSSR count). The van der Waals surface area contributed by atoms with Gasteiger partial charge in [-0.25, -0.2) is 0 Å². The maximum atomic E-state index is 9.71. The fourth-order valence-electron chi connectivity index (χ4n) is 2.09. The molecule has 1 aromatic rings. The van der Waals surface area contributed by atoms with Crippen LogP contribution >= 0.6 is 15.9 Å². The summed E-state index contributed by atoms with van der Waals surface area (Å²) in [6.07, 6.45) is 1.27. The van der Waals surface area contributed by atoms with Gasteiger partial charge >= 0.3 is 0 Å². The van der Waals surface area contributed by atoms with E-state index in [-0.39, 0.29) is 0 Å². The summed E-state index contributed by atoms with van der Waals surface area (Å²) in [5.74, 6) is 1.19. The number of halogens is 1. The maximum absolute atomic E-state index is 9.71. The van der Waals surface area contributed by atoms with Crippen molar-refractivity contribution in [1.82, 2.24) is 4.90 Å². The highest BCUT2D eigenvalue weighted by Gasteiger charge is 2.19. The van der Waals surface area contributed by atoms with E-state index in [0.29, 0.717) is 5.75 Å². The van der Waals surface area contributed by atoms with E-state index in [1.807, 2.05) is 12.1 Å². The van der Waals surface area contributed by atoms with E-state index in [4.69, 9.17) is 0 Å². The summed E-state index contributed by atoms with van der Waals surface area (Å²) in [4.78, 5) is 2.40. The Morgan fingerprint density at radius 1 is 1.53 bits per heavy atom. The number of phenolic OH excluding ortho intramolecular Hbond substituents is 1. The standard InChI is InChI=1S/C12H16BrNO/c1-9-4-5-14(7-9)8-10-6-11(13)2-3-12(10)15/h2-3,6,9,15H,4-5,7-8H2,1H3. The largest absolute Gasteiger partial charge is 0.508 e. The summed E-state index contributed by atoms with van der Waals surface area (Å²) in [5, 5.41) is 9.71. The number of aromatic hydroxyl groups is 1. The minimum Gasteiger partial charge on any atom is -0.508 e. The van der Waals surface area contributed by atoms with E-state index in [9.17, 15) is 5.11 Å². The number of likely N-dealkylation sites (tertiary alicyclic amines) is 1. The quantitative estimate of drug-likeness (QED) is 0.893. The molecule has 0 spiro atoms. The molecule has 1 atom stereocenters. The van der Waals surface area contributed by atoms with Gasteiger partial charge in [-0.3, -0.25) is 4.90 Å². The zero-order valence-electron chi connectivity index (χ0n) is 8.91. The highest BCUT2D eigenvalue weighted by molar-refractivity contribution is 9.10. The van der Waals surface area contributed by atoms with Gasteiger partial charge in [0.1, 0.15) is 5.75 Å². The van der Waals surface area contributed by atoms with E-state index < -0.39 is 0 Å². The van der Waals surface area contributed by atoms with Gasteiger partial charge in [0.05, 0.1) is 0 Å². The monoisotopic (exact) mass is 269 g/mol. The summed E-state index contributed by atoms with van der Waals surface area (Å²) in [6.45, 7) is 5.43. The molecule has 3 heteroatoms. The molecule has 0 saturated carbocycles. The Morgan fingerprint density at radius 3 is 3.00 bits per heavy atom. The average molecular weight is 270 g/mol. The van der Waals surface area contributed by atoms with Crippen LogP contribution in [0.1, 0.15) is 18.9 Å². The van der Waals surface area contributed by atoms with Crippen molar-refractivity contribution >= 4 is 15.9 Å². The molecule has 0 bridgehead atoms. The molecule has 1 aliphatic heterocycles. The molecule has 0 aromatic heterocycles. The lowest BCUT2D eigenvalue weighted by Gasteiger charge is -2.16. The van der Waals surface area contributed by atoms with Crippen LogP contribution in [-0.4, -0.2) is 23.1 Å². The first-order chi connectivity index (χ1) is 7.15. The first kappa shape index (κ1) is 11.0. The Balaban J connectivity index is 2.07. The van der Waals surface area contributed by atoms with Crippen LogP contribution in [0.2, 0.25) is 0 Å². The van der Waals surface area contributed by atoms with Gasteiger partial charge in [-0.2, -0.15) is 0 Å². The zero-order chi connectivity index (χ0) is 10.8. The number of rotatable bonds is 2. The van der Waals surface area contributed by atoms with Gasteiger partial charge in [0, 0.05) is 23.1 Å². The maximum Gasteiger partial charge on any atom is 0.120 e. The van der Waals surface area contributed by atoms with Crippen LogP contribution in [0.5, 0.6) is 5.75 Å². The van der Waals surface area contributed by atoms with Crippen molar-refractivity contribution in [3.05, 3.63) is 28.2 Å². The summed E-state index contributed by atoms with van der Waals surface area (Å²) < 4.78 is 1.03. The second kappa shape index (κ2) is 4.54. The molecule has 2 nitrogen and oxygen atoms in total. The van der Waals surface area contributed by atoms with E-state index >= 15 is 0 Å². The van der Waals surface area contributed by atoms with Gasteiger partial charge in [0.2, 0.25) is 0 Å². The van der Waals surface area contributed by atoms with Gasteiger partial charge in [0.15, 0.2) is 0 Å². The third-order valence-electron chi connectivity index (χ3n) is 2.94. The van der Waals surface area contributed by atoms with Gasteiger partial charge < -0.3 is 5.11 Å². The first-order valence-electron chi connectivity index (χ1n) is 5.35. The topological polar surface area (TPSA) is 23.5 Å². The Hall–Kier alpha value is -0.540. The fraction of sp³-hybridized carbons (Fsp3) is 0.500. The molecule has 0 radical (unpaired) electrons. The molecule has 15 heavy (non-hydrogen) atoms. The normalized spacial score (nSPS) is 22.1. The Morgan fingerprint density at radius 2 is 2.33 bits per heavy atom. The molecular weight excluding hydrogens is 254 g/mol. The molecule has 1 aromatic carbocycles. The lowest BCUT2D eigenvalue weighted by Crippen LogP contribution is -2.19. The van der Waals surface area contributed by atoms with Crippen molar-refractivity contribution in [1.29, 1.82) is 0 Å². The van der Waals surface area contributed by atoms with Crippen LogP contribution in [0.4, 0.5) is 0 Å². The Kier molecular flexibility index (Phi) is 3.32. The number of hydrogen-bond donors (Lipinski definition) is 1. The highest BCUT2D eigenvalue weighted by Crippen LogP contribution is 2.25. The van der Waals surface area contributed by atoms with Crippen LogP contribution in [0.15, 0.2) is 22.7 Å². The second-order valence-corrected chi connectivity index (χ2v) is 5.32. The molecule has 1 unspecified atom stereocenters. The molecule has 0 amide bonds. The molecular formula is C12H16BrNO. The fourth-order valence-corrected chi connectivity index (χ4v) is 2.50. The lowest BCUT2D eigenvalue weighted by atomic mass is 10.2. The Labute approximate surface area is 99.0 Å². The first-order valence-corrected chi connectivity index (χ1v) is 6.14. The van der Waals surface area contributed by atoms with Crippen LogP contribution in [0, 0.1) is 5.92 Å². The highest BCUT2D eigenvalue weighted by atomic mass is 79.9. The lowest BCUT2D eigenvalue weighted by molar-refractivity contribution is 0.314. The molecule has 82 valence electrons. The molecule has 1 aliphatic rings. The molecule has 0 aliphatic carbocycles.